The third-order valence-corrected chi connectivity index (χ3v) is 7.45. The number of benzene rings is 2. The highest BCUT2D eigenvalue weighted by Gasteiger charge is 2.45. The van der Waals surface area contributed by atoms with E-state index in [2.05, 4.69) is 44.2 Å². The topological polar surface area (TPSA) is 90.2 Å². The van der Waals surface area contributed by atoms with Crippen LogP contribution in [-0.4, -0.2) is 51.4 Å². The van der Waals surface area contributed by atoms with Gasteiger partial charge in [-0.05, 0) is 83.9 Å². The summed E-state index contributed by atoms with van der Waals surface area (Å²) in [6.45, 7) is 3.92. The molecule has 1 aliphatic heterocycles. The smallest absolute Gasteiger partial charge is 0.113 e. The van der Waals surface area contributed by atoms with E-state index in [1.54, 1.807) is 0 Å². The summed E-state index contributed by atoms with van der Waals surface area (Å²) in [5.41, 5.74) is 8.74. The second-order valence-electron chi connectivity index (χ2n) is 9.61. The molecule has 33 heavy (non-hydrogen) atoms. The number of hydrogen-bond acceptors (Lipinski definition) is 5. The molecule has 180 valence electrons. The molecule has 0 spiro atoms. The van der Waals surface area contributed by atoms with Crippen LogP contribution in [0.1, 0.15) is 78.2 Å². The maximum atomic E-state index is 10.9. The normalized spacial score (nSPS) is 27.0. The Hall–Kier alpha value is -1.76. The Bertz CT molecular complexity index is 936. The van der Waals surface area contributed by atoms with Gasteiger partial charge in [-0.1, -0.05) is 50.6 Å². The van der Waals surface area contributed by atoms with Crippen LogP contribution in [0.2, 0.25) is 0 Å². The third-order valence-electron chi connectivity index (χ3n) is 7.45. The van der Waals surface area contributed by atoms with Crippen LogP contribution in [0, 0.1) is 0 Å². The number of unbranched alkanes of at least 4 members (excludes halogenated alkanes) is 1. The van der Waals surface area contributed by atoms with Gasteiger partial charge in [0, 0.05) is 0 Å². The van der Waals surface area contributed by atoms with Gasteiger partial charge >= 0.3 is 0 Å². The summed E-state index contributed by atoms with van der Waals surface area (Å²) in [5, 5.41) is 41.3. The van der Waals surface area contributed by atoms with Gasteiger partial charge in [-0.3, -0.25) is 0 Å². The van der Waals surface area contributed by atoms with Gasteiger partial charge in [0.2, 0.25) is 0 Å². The molecule has 1 saturated heterocycles. The van der Waals surface area contributed by atoms with Gasteiger partial charge < -0.3 is 25.2 Å². The van der Waals surface area contributed by atoms with E-state index >= 15 is 0 Å². The summed E-state index contributed by atoms with van der Waals surface area (Å²) < 4.78 is 6.02. The lowest BCUT2D eigenvalue weighted by Crippen LogP contribution is -2.55. The quantitative estimate of drug-likeness (QED) is 0.492. The summed E-state index contributed by atoms with van der Waals surface area (Å²) in [6, 6.07) is 10.9. The number of fused-ring (bicyclic) bond motifs is 1. The number of aliphatic hydroxyl groups is 4. The molecule has 1 fully saturated rings. The molecule has 5 heteroatoms. The molecule has 0 amide bonds. The van der Waals surface area contributed by atoms with Crippen molar-refractivity contribution in [1.29, 1.82) is 0 Å². The Morgan fingerprint density at radius 2 is 1.61 bits per heavy atom. The van der Waals surface area contributed by atoms with Crippen molar-refractivity contribution >= 4 is 0 Å². The first-order valence-corrected chi connectivity index (χ1v) is 12.5. The van der Waals surface area contributed by atoms with Crippen molar-refractivity contribution in [1.82, 2.24) is 0 Å². The van der Waals surface area contributed by atoms with Gasteiger partial charge in [0.25, 0.3) is 0 Å². The highest BCUT2D eigenvalue weighted by Crippen LogP contribution is 2.40. The summed E-state index contributed by atoms with van der Waals surface area (Å²) >= 11 is 0. The number of aliphatic hydroxyl groups excluding tert-OH is 4. The second kappa shape index (κ2) is 10.7. The van der Waals surface area contributed by atoms with Crippen molar-refractivity contribution < 1.29 is 25.2 Å². The largest absolute Gasteiger partial charge is 0.394 e. The van der Waals surface area contributed by atoms with Gasteiger partial charge in [-0.15, -0.1) is 0 Å². The SMILES string of the molecule is CCCCc1c([C@@H]2O[C@H](CO)[C@H](O)[C@H](O)[C@@H]2O)cc(Cc2ccc(CC)cc2)c2c1CCC2. The van der Waals surface area contributed by atoms with E-state index in [0.717, 1.165) is 56.9 Å². The zero-order chi connectivity index (χ0) is 23.5. The Kier molecular flexibility index (Phi) is 7.87. The predicted molar refractivity (Wildman–Crippen MR) is 128 cm³/mol. The fraction of sp³-hybridized carbons (Fsp3) is 0.571. The standard InChI is InChI=1S/C28H38O5/c1-3-5-7-22-21-9-6-8-20(21)19(14-18-12-10-17(4-2)11-13-18)15-23(22)28-27(32)26(31)25(30)24(16-29)33-28/h10-13,15,24-32H,3-9,14,16H2,1-2H3/t24-,25+,26+,27+,28+/m1/s1. The summed E-state index contributed by atoms with van der Waals surface area (Å²) in [6.07, 6.45) is 2.39. The van der Waals surface area contributed by atoms with E-state index in [0.29, 0.717) is 0 Å². The van der Waals surface area contributed by atoms with Crippen LogP contribution in [0.5, 0.6) is 0 Å². The molecule has 1 aliphatic carbocycles. The summed E-state index contributed by atoms with van der Waals surface area (Å²) in [5.74, 6) is 0. The molecular weight excluding hydrogens is 416 g/mol. The Labute approximate surface area is 197 Å². The van der Waals surface area contributed by atoms with Gasteiger partial charge in [0.05, 0.1) is 6.61 Å². The summed E-state index contributed by atoms with van der Waals surface area (Å²) in [7, 11) is 0. The van der Waals surface area contributed by atoms with Crippen molar-refractivity contribution in [2.45, 2.75) is 95.7 Å². The van der Waals surface area contributed by atoms with Crippen molar-refractivity contribution in [3.05, 3.63) is 69.3 Å². The molecule has 0 radical (unpaired) electrons. The van der Waals surface area contributed by atoms with Gasteiger partial charge in [0.1, 0.15) is 30.5 Å². The van der Waals surface area contributed by atoms with Crippen LogP contribution in [0.25, 0.3) is 0 Å². The van der Waals surface area contributed by atoms with Crippen molar-refractivity contribution in [2.24, 2.45) is 0 Å². The molecule has 0 bridgehead atoms. The number of rotatable bonds is 8. The van der Waals surface area contributed by atoms with Crippen LogP contribution < -0.4 is 0 Å². The van der Waals surface area contributed by atoms with Crippen LogP contribution in [0.3, 0.4) is 0 Å². The van der Waals surface area contributed by atoms with E-state index in [9.17, 15) is 20.4 Å². The summed E-state index contributed by atoms with van der Waals surface area (Å²) in [4.78, 5) is 0. The monoisotopic (exact) mass is 454 g/mol. The first-order chi connectivity index (χ1) is 16.0. The average molecular weight is 455 g/mol. The molecule has 2 aliphatic rings. The lowest BCUT2D eigenvalue weighted by atomic mass is 9.82. The molecule has 4 rings (SSSR count). The molecule has 1 heterocycles. The minimum Gasteiger partial charge on any atom is -0.394 e. The molecule has 0 unspecified atom stereocenters. The van der Waals surface area contributed by atoms with E-state index < -0.39 is 37.1 Å². The van der Waals surface area contributed by atoms with Crippen LogP contribution in [-0.2, 0) is 36.8 Å². The van der Waals surface area contributed by atoms with Gasteiger partial charge in [-0.25, -0.2) is 0 Å². The number of hydrogen-bond donors (Lipinski definition) is 4. The molecular formula is C28H38O5. The first-order valence-electron chi connectivity index (χ1n) is 12.5. The van der Waals surface area contributed by atoms with E-state index in [4.69, 9.17) is 4.74 Å². The van der Waals surface area contributed by atoms with Crippen LogP contribution in [0.4, 0.5) is 0 Å². The minimum absolute atomic E-state index is 0.409. The molecule has 4 N–H and O–H groups in total. The average Bonchev–Trinajstić information content (AvgIpc) is 3.33. The molecule has 5 atom stereocenters. The molecule has 0 aromatic heterocycles. The second-order valence-corrected chi connectivity index (χ2v) is 9.61. The Balaban J connectivity index is 1.78. The van der Waals surface area contributed by atoms with Crippen LogP contribution in [0.15, 0.2) is 30.3 Å². The van der Waals surface area contributed by atoms with E-state index in [-0.39, 0.29) is 0 Å². The highest BCUT2D eigenvalue weighted by atomic mass is 16.5. The first kappa shape index (κ1) is 24.4. The van der Waals surface area contributed by atoms with Crippen molar-refractivity contribution in [3.8, 4) is 0 Å². The third kappa shape index (κ3) is 4.89. The zero-order valence-electron chi connectivity index (χ0n) is 19.8. The lowest BCUT2D eigenvalue weighted by Gasteiger charge is -2.41. The molecule has 5 nitrogen and oxygen atoms in total. The highest BCUT2D eigenvalue weighted by molar-refractivity contribution is 5.51. The lowest BCUT2D eigenvalue weighted by molar-refractivity contribution is -0.231. The maximum absolute atomic E-state index is 10.9. The zero-order valence-corrected chi connectivity index (χ0v) is 19.8. The predicted octanol–water partition coefficient (Wildman–Crippen LogP) is 3.19. The van der Waals surface area contributed by atoms with Crippen LogP contribution >= 0.6 is 0 Å². The van der Waals surface area contributed by atoms with Crippen molar-refractivity contribution in [3.63, 3.8) is 0 Å². The molecule has 2 aromatic rings. The van der Waals surface area contributed by atoms with E-state index in [1.807, 2.05) is 0 Å². The Morgan fingerprint density at radius 1 is 0.909 bits per heavy atom. The van der Waals surface area contributed by atoms with E-state index in [1.165, 1.54) is 33.4 Å². The van der Waals surface area contributed by atoms with Gasteiger partial charge in [-0.2, -0.15) is 0 Å². The minimum atomic E-state index is -1.36. The number of ether oxygens (including phenoxy) is 1. The molecule has 0 saturated carbocycles. The fourth-order valence-electron chi connectivity index (χ4n) is 5.50. The fourth-order valence-corrected chi connectivity index (χ4v) is 5.50. The Morgan fingerprint density at radius 3 is 2.27 bits per heavy atom. The van der Waals surface area contributed by atoms with Gasteiger partial charge in [0.15, 0.2) is 0 Å². The molecule has 2 aromatic carbocycles. The maximum Gasteiger partial charge on any atom is 0.113 e. The van der Waals surface area contributed by atoms with Crippen molar-refractivity contribution in [2.75, 3.05) is 6.61 Å². The number of aryl methyl sites for hydroxylation is 1.